The van der Waals surface area contributed by atoms with Crippen LogP contribution in [0, 0.1) is 0 Å². The van der Waals surface area contributed by atoms with Gasteiger partial charge in [-0.1, -0.05) is 30.3 Å². The van der Waals surface area contributed by atoms with Crippen LogP contribution in [0.1, 0.15) is 5.56 Å². The fraction of sp³-hybridized carbons (Fsp3) is 0.231. The molecule has 0 saturated carbocycles. The first-order valence-corrected chi connectivity index (χ1v) is 5.52. The van der Waals surface area contributed by atoms with Crippen molar-refractivity contribution in [2.45, 2.75) is 6.42 Å². The van der Waals surface area contributed by atoms with Gasteiger partial charge in [-0.05, 0) is 12.0 Å². The molecule has 4 heteroatoms. The molecule has 2 rings (SSSR count). The number of benzene rings is 1. The van der Waals surface area contributed by atoms with Gasteiger partial charge in [-0.2, -0.15) is 4.98 Å². The molecule has 1 aromatic carbocycles. The number of ether oxygens (including phenoxy) is 1. The molecule has 0 amide bonds. The number of nitrogens with zero attached hydrogens (tertiary/aromatic N) is 2. The maximum Gasteiger partial charge on any atom is 0.233 e. The summed E-state index contributed by atoms with van der Waals surface area (Å²) in [7, 11) is 1.58. The molecule has 1 heterocycles. The van der Waals surface area contributed by atoms with Crippen LogP contribution in [0.2, 0.25) is 0 Å². The van der Waals surface area contributed by atoms with Gasteiger partial charge in [0.1, 0.15) is 5.82 Å². The van der Waals surface area contributed by atoms with E-state index in [0.717, 1.165) is 18.8 Å². The van der Waals surface area contributed by atoms with Crippen molar-refractivity contribution in [3.8, 4) is 5.88 Å². The molecule has 0 bridgehead atoms. The molecule has 0 aliphatic carbocycles. The fourth-order valence-electron chi connectivity index (χ4n) is 1.51. The molecule has 0 radical (unpaired) electrons. The van der Waals surface area contributed by atoms with Gasteiger partial charge in [0, 0.05) is 6.54 Å². The summed E-state index contributed by atoms with van der Waals surface area (Å²) in [4.78, 5) is 8.26. The first kappa shape index (κ1) is 11.4. The highest BCUT2D eigenvalue weighted by atomic mass is 16.5. The van der Waals surface area contributed by atoms with Gasteiger partial charge in [-0.25, -0.2) is 0 Å². The Morgan fingerprint density at radius 2 is 2.00 bits per heavy atom. The fourth-order valence-corrected chi connectivity index (χ4v) is 1.51. The van der Waals surface area contributed by atoms with Crippen LogP contribution >= 0.6 is 0 Å². The number of hydrogen-bond donors (Lipinski definition) is 1. The minimum absolute atomic E-state index is 0.523. The zero-order chi connectivity index (χ0) is 11.9. The number of rotatable bonds is 5. The van der Waals surface area contributed by atoms with E-state index < -0.39 is 0 Å². The van der Waals surface area contributed by atoms with Gasteiger partial charge in [-0.15, -0.1) is 0 Å². The number of anilines is 1. The minimum atomic E-state index is 0.523. The van der Waals surface area contributed by atoms with E-state index in [1.807, 2.05) is 18.2 Å². The molecule has 0 spiro atoms. The number of methoxy groups -OCH3 is 1. The third kappa shape index (κ3) is 3.45. The van der Waals surface area contributed by atoms with Crippen LogP contribution in [0.4, 0.5) is 5.82 Å². The van der Waals surface area contributed by atoms with Crippen LogP contribution in [-0.2, 0) is 6.42 Å². The second kappa shape index (κ2) is 5.84. The van der Waals surface area contributed by atoms with E-state index in [4.69, 9.17) is 4.74 Å². The normalized spacial score (nSPS) is 9.94. The maximum absolute atomic E-state index is 5.01. The van der Waals surface area contributed by atoms with E-state index in [-0.39, 0.29) is 0 Å². The lowest BCUT2D eigenvalue weighted by atomic mass is 10.1. The summed E-state index contributed by atoms with van der Waals surface area (Å²) in [6.45, 7) is 0.825. The van der Waals surface area contributed by atoms with E-state index >= 15 is 0 Å². The monoisotopic (exact) mass is 229 g/mol. The van der Waals surface area contributed by atoms with Crippen molar-refractivity contribution in [3.63, 3.8) is 0 Å². The summed E-state index contributed by atoms with van der Waals surface area (Å²) >= 11 is 0. The van der Waals surface area contributed by atoms with Crippen LogP contribution < -0.4 is 10.1 Å². The summed E-state index contributed by atoms with van der Waals surface area (Å²) in [5.74, 6) is 1.26. The van der Waals surface area contributed by atoms with Gasteiger partial charge in [-0.3, -0.25) is 4.98 Å². The summed E-state index contributed by atoms with van der Waals surface area (Å²) in [5.41, 5.74) is 1.30. The average molecular weight is 229 g/mol. The second-order valence-corrected chi connectivity index (χ2v) is 3.61. The summed E-state index contributed by atoms with van der Waals surface area (Å²) in [5, 5.41) is 3.21. The van der Waals surface area contributed by atoms with Crippen molar-refractivity contribution >= 4 is 5.82 Å². The SMILES string of the molecule is COc1cncc(NCCc2ccccc2)n1. The van der Waals surface area contributed by atoms with Gasteiger partial charge in [0.25, 0.3) is 0 Å². The predicted octanol–water partition coefficient (Wildman–Crippen LogP) is 2.14. The first-order chi connectivity index (χ1) is 8.38. The number of aromatic nitrogens is 2. The van der Waals surface area contributed by atoms with Crippen LogP contribution in [-0.4, -0.2) is 23.6 Å². The van der Waals surface area contributed by atoms with Crippen molar-refractivity contribution in [2.75, 3.05) is 19.0 Å². The Kier molecular flexibility index (Phi) is 3.91. The van der Waals surface area contributed by atoms with E-state index in [1.165, 1.54) is 5.56 Å². The van der Waals surface area contributed by atoms with Gasteiger partial charge >= 0.3 is 0 Å². The lowest BCUT2D eigenvalue weighted by Crippen LogP contribution is -2.07. The third-order valence-electron chi connectivity index (χ3n) is 2.38. The highest BCUT2D eigenvalue weighted by Gasteiger charge is 1.97. The minimum Gasteiger partial charge on any atom is -0.480 e. The van der Waals surface area contributed by atoms with E-state index in [2.05, 4.69) is 27.4 Å². The molecular formula is C13H15N3O. The predicted molar refractivity (Wildman–Crippen MR) is 67.2 cm³/mol. The maximum atomic E-state index is 5.01. The van der Waals surface area contributed by atoms with Crippen LogP contribution in [0.3, 0.4) is 0 Å². The molecular weight excluding hydrogens is 214 g/mol. The summed E-state index contributed by atoms with van der Waals surface area (Å²) in [6, 6.07) is 10.3. The van der Waals surface area contributed by atoms with E-state index in [1.54, 1.807) is 19.5 Å². The number of hydrogen-bond acceptors (Lipinski definition) is 4. The van der Waals surface area contributed by atoms with Crippen molar-refractivity contribution in [2.24, 2.45) is 0 Å². The molecule has 0 fully saturated rings. The average Bonchev–Trinajstić information content (AvgIpc) is 2.40. The Labute approximate surface area is 101 Å². The Morgan fingerprint density at radius 3 is 2.76 bits per heavy atom. The zero-order valence-corrected chi connectivity index (χ0v) is 9.76. The van der Waals surface area contributed by atoms with Crippen molar-refractivity contribution < 1.29 is 4.74 Å². The van der Waals surface area contributed by atoms with Crippen LogP contribution in [0.5, 0.6) is 5.88 Å². The molecule has 17 heavy (non-hydrogen) atoms. The summed E-state index contributed by atoms with van der Waals surface area (Å²) < 4.78 is 5.01. The standard InChI is InChI=1S/C13H15N3O/c1-17-13-10-14-9-12(16-13)15-8-7-11-5-3-2-4-6-11/h2-6,9-10H,7-8H2,1H3,(H,15,16). The zero-order valence-electron chi connectivity index (χ0n) is 9.76. The van der Waals surface area contributed by atoms with Gasteiger partial charge in [0.05, 0.1) is 19.5 Å². The molecule has 0 unspecified atom stereocenters. The van der Waals surface area contributed by atoms with Crippen LogP contribution in [0.15, 0.2) is 42.7 Å². The van der Waals surface area contributed by atoms with Crippen molar-refractivity contribution in [1.29, 1.82) is 0 Å². The Balaban J connectivity index is 1.86. The lowest BCUT2D eigenvalue weighted by Gasteiger charge is -2.06. The quantitative estimate of drug-likeness (QED) is 0.853. The molecule has 88 valence electrons. The number of nitrogens with one attached hydrogen (secondary N) is 1. The topological polar surface area (TPSA) is 47.0 Å². The molecule has 4 nitrogen and oxygen atoms in total. The lowest BCUT2D eigenvalue weighted by molar-refractivity contribution is 0.396. The Morgan fingerprint density at radius 1 is 1.18 bits per heavy atom. The summed E-state index contributed by atoms with van der Waals surface area (Å²) in [6.07, 6.45) is 4.23. The highest BCUT2D eigenvalue weighted by molar-refractivity contribution is 5.33. The molecule has 0 atom stereocenters. The second-order valence-electron chi connectivity index (χ2n) is 3.61. The van der Waals surface area contributed by atoms with Gasteiger partial charge in [0.15, 0.2) is 0 Å². The smallest absolute Gasteiger partial charge is 0.233 e. The highest BCUT2D eigenvalue weighted by Crippen LogP contribution is 2.08. The Hall–Kier alpha value is -2.10. The van der Waals surface area contributed by atoms with Gasteiger partial charge < -0.3 is 10.1 Å². The van der Waals surface area contributed by atoms with Crippen molar-refractivity contribution in [1.82, 2.24) is 9.97 Å². The first-order valence-electron chi connectivity index (χ1n) is 5.52. The third-order valence-corrected chi connectivity index (χ3v) is 2.38. The van der Waals surface area contributed by atoms with Crippen molar-refractivity contribution in [3.05, 3.63) is 48.3 Å². The molecule has 0 saturated heterocycles. The largest absolute Gasteiger partial charge is 0.480 e. The molecule has 2 aromatic rings. The van der Waals surface area contributed by atoms with Gasteiger partial charge in [0.2, 0.25) is 5.88 Å². The molecule has 0 aliphatic heterocycles. The Bertz CT molecular complexity index is 459. The van der Waals surface area contributed by atoms with E-state index in [0.29, 0.717) is 5.88 Å². The van der Waals surface area contributed by atoms with Crippen LogP contribution in [0.25, 0.3) is 0 Å². The molecule has 0 aliphatic rings. The van der Waals surface area contributed by atoms with E-state index in [9.17, 15) is 0 Å². The molecule has 1 N–H and O–H groups in total. The molecule has 1 aromatic heterocycles.